The molecule has 0 aromatic heterocycles. The molecule has 1 aliphatic rings. The summed E-state index contributed by atoms with van der Waals surface area (Å²) in [6, 6.07) is 15.6. The summed E-state index contributed by atoms with van der Waals surface area (Å²) in [5.41, 5.74) is 4.17. The fourth-order valence-corrected chi connectivity index (χ4v) is 2.39. The Balaban J connectivity index is 1.88. The van der Waals surface area contributed by atoms with Crippen molar-refractivity contribution < 1.29 is 4.79 Å². The van der Waals surface area contributed by atoms with Gasteiger partial charge in [-0.05, 0) is 35.4 Å². The van der Waals surface area contributed by atoms with Crippen molar-refractivity contribution in [3.8, 4) is 0 Å². The van der Waals surface area contributed by atoms with Crippen LogP contribution in [0.2, 0.25) is 0 Å². The molecule has 0 bridgehead atoms. The minimum atomic E-state index is 0.0286. The standard InChI is InChI=1S/C16H16N2O/c1-18(15-5-3-2-4-6-15)16(19)12-7-8-13-10-17-11-14(13)9-12/h2-9,17H,10-11H2,1H3. The molecule has 3 rings (SSSR count). The number of anilines is 1. The molecule has 19 heavy (non-hydrogen) atoms. The quantitative estimate of drug-likeness (QED) is 0.891. The monoisotopic (exact) mass is 252 g/mol. The number of carbonyl (C=O) groups excluding carboxylic acids is 1. The Hall–Kier alpha value is -2.13. The molecule has 1 amide bonds. The molecule has 0 radical (unpaired) electrons. The van der Waals surface area contributed by atoms with E-state index in [2.05, 4.69) is 5.32 Å². The summed E-state index contributed by atoms with van der Waals surface area (Å²) in [6.07, 6.45) is 0. The van der Waals surface area contributed by atoms with Crippen LogP contribution < -0.4 is 10.2 Å². The van der Waals surface area contributed by atoms with Crippen LogP contribution in [0.15, 0.2) is 48.5 Å². The molecule has 1 heterocycles. The fraction of sp³-hybridized carbons (Fsp3) is 0.188. The second-order valence-corrected chi connectivity index (χ2v) is 4.79. The highest BCUT2D eigenvalue weighted by atomic mass is 16.2. The summed E-state index contributed by atoms with van der Waals surface area (Å²) in [6.45, 7) is 1.75. The van der Waals surface area contributed by atoms with E-state index >= 15 is 0 Å². The summed E-state index contributed by atoms with van der Waals surface area (Å²) in [5.74, 6) is 0.0286. The molecule has 3 heteroatoms. The van der Waals surface area contributed by atoms with Crippen molar-refractivity contribution in [1.82, 2.24) is 5.32 Å². The molecule has 0 unspecified atom stereocenters. The number of benzene rings is 2. The van der Waals surface area contributed by atoms with Gasteiger partial charge in [-0.25, -0.2) is 0 Å². The van der Waals surface area contributed by atoms with Gasteiger partial charge in [0.25, 0.3) is 5.91 Å². The number of rotatable bonds is 2. The lowest BCUT2D eigenvalue weighted by Crippen LogP contribution is -2.26. The smallest absolute Gasteiger partial charge is 0.258 e. The number of amides is 1. The number of nitrogens with one attached hydrogen (secondary N) is 1. The number of hydrogen-bond donors (Lipinski definition) is 1. The van der Waals surface area contributed by atoms with Crippen molar-refractivity contribution >= 4 is 11.6 Å². The average Bonchev–Trinajstić information content (AvgIpc) is 2.94. The van der Waals surface area contributed by atoms with E-state index in [1.165, 1.54) is 11.1 Å². The maximum absolute atomic E-state index is 12.5. The Morgan fingerprint density at radius 3 is 2.58 bits per heavy atom. The van der Waals surface area contributed by atoms with Crippen LogP contribution in [0.3, 0.4) is 0 Å². The SMILES string of the molecule is CN(C(=O)c1ccc2c(c1)CNC2)c1ccccc1. The first-order valence-corrected chi connectivity index (χ1v) is 6.41. The Morgan fingerprint density at radius 1 is 1.05 bits per heavy atom. The number of fused-ring (bicyclic) bond motifs is 1. The maximum atomic E-state index is 12.5. The summed E-state index contributed by atoms with van der Waals surface area (Å²) >= 11 is 0. The van der Waals surface area contributed by atoms with Crippen LogP contribution in [0.25, 0.3) is 0 Å². The van der Waals surface area contributed by atoms with E-state index in [0.29, 0.717) is 0 Å². The summed E-state index contributed by atoms with van der Waals surface area (Å²) in [7, 11) is 1.81. The van der Waals surface area contributed by atoms with E-state index < -0.39 is 0 Å². The topological polar surface area (TPSA) is 32.3 Å². The Labute approximate surface area is 112 Å². The lowest BCUT2D eigenvalue weighted by atomic mass is 10.1. The van der Waals surface area contributed by atoms with Gasteiger partial charge in [0.15, 0.2) is 0 Å². The Morgan fingerprint density at radius 2 is 1.79 bits per heavy atom. The zero-order chi connectivity index (χ0) is 13.2. The molecular weight excluding hydrogens is 236 g/mol. The van der Waals surface area contributed by atoms with Crippen LogP contribution in [0, 0.1) is 0 Å². The third kappa shape index (κ3) is 2.25. The van der Waals surface area contributed by atoms with Gasteiger partial charge < -0.3 is 10.2 Å². The summed E-state index contributed by atoms with van der Waals surface area (Å²) in [4.78, 5) is 14.1. The van der Waals surface area contributed by atoms with Gasteiger partial charge in [0.1, 0.15) is 0 Å². The number of carbonyl (C=O) groups is 1. The number of nitrogens with zero attached hydrogens (tertiary/aromatic N) is 1. The van der Waals surface area contributed by atoms with Gasteiger partial charge in [0.05, 0.1) is 0 Å². The first-order valence-electron chi connectivity index (χ1n) is 6.41. The normalized spacial score (nSPS) is 13.1. The molecule has 96 valence electrons. The minimum Gasteiger partial charge on any atom is -0.311 e. The Kier molecular flexibility index (Phi) is 3.05. The van der Waals surface area contributed by atoms with Crippen molar-refractivity contribution in [2.24, 2.45) is 0 Å². The molecule has 0 saturated carbocycles. The van der Waals surface area contributed by atoms with Gasteiger partial charge in [-0.3, -0.25) is 4.79 Å². The molecule has 1 aliphatic heterocycles. The van der Waals surface area contributed by atoms with Gasteiger partial charge in [0.2, 0.25) is 0 Å². The van der Waals surface area contributed by atoms with E-state index in [-0.39, 0.29) is 5.91 Å². The molecule has 0 aliphatic carbocycles. The molecule has 2 aromatic carbocycles. The molecular formula is C16H16N2O. The van der Waals surface area contributed by atoms with Crippen LogP contribution in [0.5, 0.6) is 0 Å². The molecule has 1 N–H and O–H groups in total. The van der Waals surface area contributed by atoms with Crippen LogP contribution in [-0.4, -0.2) is 13.0 Å². The first-order chi connectivity index (χ1) is 9.25. The van der Waals surface area contributed by atoms with Crippen molar-refractivity contribution in [2.45, 2.75) is 13.1 Å². The van der Waals surface area contributed by atoms with Crippen LogP contribution in [0.4, 0.5) is 5.69 Å². The predicted molar refractivity (Wildman–Crippen MR) is 76.2 cm³/mol. The van der Waals surface area contributed by atoms with Gasteiger partial charge in [0, 0.05) is 31.4 Å². The van der Waals surface area contributed by atoms with E-state index in [0.717, 1.165) is 24.3 Å². The number of para-hydroxylation sites is 1. The largest absolute Gasteiger partial charge is 0.311 e. The van der Waals surface area contributed by atoms with E-state index in [1.807, 2.05) is 55.6 Å². The van der Waals surface area contributed by atoms with Crippen LogP contribution >= 0.6 is 0 Å². The van der Waals surface area contributed by atoms with Crippen LogP contribution in [-0.2, 0) is 13.1 Å². The van der Waals surface area contributed by atoms with Gasteiger partial charge in [-0.15, -0.1) is 0 Å². The van der Waals surface area contributed by atoms with Crippen molar-refractivity contribution in [3.05, 3.63) is 65.2 Å². The second kappa shape index (κ2) is 4.86. The molecule has 2 aromatic rings. The summed E-state index contributed by atoms with van der Waals surface area (Å²) in [5, 5.41) is 3.29. The summed E-state index contributed by atoms with van der Waals surface area (Å²) < 4.78 is 0. The van der Waals surface area contributed by atoms with Crippen molar-refractivity contribution in [3.63, 3.8) is 0 Å². The zero-order valence-corrected chi connectivity index (χ0v) is 10.9. The number of hydrogen-bond acceptors (Lipinski definition) is 2. The third-order valence-electron chi connectivity index (χ3n) is 3.53. The van der Waals surface area contributed by atoms with Crippen molar-refractivity contribution in [2.75, 3.05) is 11.9 Å². The van der Waals surface area contributed by atoms with Gasteiger partial charge in [-0.1, -0.05) is 24.3 Å². The lowest BCUT2D eigenvalue weighted by molar-refractivity contribution is 0.0993. The zero-order valence-electron chi connectivity index (χ0n) is 10.9. The molecule has 0 spiro atoms. The highest BCUT2D eigenvalue weighted by Gasteiger charge is 2.16. The first kappa shape index (κ1) is 11.9. The maximum Gasteiger partial charge on any atom is 0.258 e. The van der Waals surface area contributed by atoms with Gasteiger partial charge >= 0.3 is 0 Å². The predicted octanol–water partition coefficient (Wildman–Crippen LogP) is 2.57. The average molecular weight is 252 g/mol. The van der Waals surface area contributed by atoms with E-state index in [1.54, 1.807) is 4.90 Å². The van der Waals surface area contributed by atoms with Crippen molar-refractivity contribution in [1.29, 1.82) is 0 Å². The van der Waals surface area contributed by atoms with E-state index in [4.69, 9.17) is 0 Å². The van der Waals surface area contributed by atoms with E-state index in [9.17, 15) is 4.79 Å². The third-order valence-corrected chi connectivity index (χ3v) is 3.53. The lowest BCUT2D eigenvalue weighted by Gasteiger charge is -2.17. The second-order valence-electron chi connectivity index (χ2n) is 4.79. The highest BCUT2D eigenvalue weighted by Crippen LogP contribution is 2.20. The molecule has 0 fully saturated rings. The molecule has 0 saturated heterocycles. The molecule has 3 nitrogen and oxygen atoms in total. The highest BCUT2D eigenvalue weighted by molar-refractivity contribution is 6.05. The Bertz CT molecular complexity index is 607. The molecule has 0 atom stereocenters. The minimum absolute atomic E-state index is 0.0286. The van der Waals surface area contributed by atoms with Gasteiger partial charge in [-0.2, -0.15) is 0 Å². The van der Waals surface area contributed by atoms with Crippen LogP contribution in [0.1, 0.15) is 21.5 Å². The fourth-order valence-electron chi connectivity index (χ4n) is 2.39.